The molecule has 1 saturated heterocycles. The summed E-state index contributed by atoms with van der Waals surface area (Å²) >= 11 is 0. The predicted octanol–water partition coefficient (Wildman–Crippen LogP) is 5.80. The summed E-state index contributed by atoms with van der Waals surface area (Å²) in [6, 6.07) is 13.3. The van der Waals surface area contributed by atoms with Crippen molar-refractivity contribution in [3.63, 3.8) is 0 Å². The molecule has 2 atom stereocenters. The van der Waals surface area contributed by atoms with Crippen LogP contribution in [-0.2, 0) is 22.6 Å². The summed E-state index contributed by atoms with van der Waals surface area (Å²) in [6.07, 6.45) is 4.15. The Balaban J connectivity index is 1.60. The normalized spacial score (nSPS) is 19.7. The largest absolute Gasteiger partial charge is 0.507 e. The van der Waals surface area contributed by atoms with E-state index in [9.17, 15) is 14.7 Å². The van der Waals surface area contributed by atoms with Crippen LogP contribution in [0.4, 0.5) is 0 Å². The van der Waals surface area contributed by atoms with E-state index in [1.807, 2.05) is 19.9 Å². The first kappa shape index (κ1) is 26.4. The Labute approximate surface area is 227 Å². The second kappa shape index (κ2) is 11.3. The molecule has 1 amide bonds. The molecule has 8 nitrogen and oxygen atoms in total. The van der Waals surface area contributed by atoms with Crippen LogP contribution in [0.3, 0.4) is 0 Å². The molecule has 2 aromatic carbocycles. The molecule has 2 aliphatic rings. The van der Waals surface area contributed by atoms with Crippen LogP contribution < -0.4 is 14.2 Å². The van der Waals surface area contributed by atoms with Gasteiger partial charge in [0.25, 0.3) is 11.7 Å². The number of Topliss-reactive ketones (excluding diaryl/α,β-unsaturated/α-hetero) is 1. The summed E-state index contributed by atoms with van der Waals surface area (Å²) in [5.41, 5.74) is 2.03. The van der Waals surface area contributed by atoms with E-state index < -0.39 is 17.7 Å². The zero-order valence-electron chi connectivity index (χ0n) is 22.4. The maximum atomic E-state index is 13.5. The SMILES string of the molecule is CCCCOc1ccc([C@H]2/C(=C(\O)c3ccc4c(c3)C[C@@H](C)O4)C(=O)C(=O)N2Cc2ccco2)cc1OCC. The Morgan fingerprint density at radius 1 is 1.08 bits per heavy atom. The van der Waals surface area contributed by atoms with Gasteiger partial charge in [0.1, 0.15) is 23.4 Å². The molecular formula is C31H33NO7. The average molecular weight is 532 g/mol. The van der Waals surface area contributed by atoms with Gasteiger partial charge in [-0.3, -0.25) is 9.59 Å². The average Bonchev–Trinajstić information content (AvgIpc) is 3.63. The number of carbonyl (C=O) groups is 2. The number of aliphatic hydroxyl groups excluding tert-OH is 1. The molecule has 39 heavy (non-hydrogen) atoms. The lowest BCUT2D eigenvalue weighted by Gasteiger charge is -2.25. The molecule has 0 saturated carbocycles. The summed E-state index contributed by atoms with van der Waals surface area (Å²) < 4.78 is 23.1. The van der Waals surface area contributed by atoms with Crippen molar-refractivity contribution in [1.29, 1.82) is 0 Å². The number of aliphatic hydroxyl groups is 1. The van der Waals surface area contributed by atoms with Gasteiger partial charge >= 0.3 is 0 Å². The Hall–Kier alpha value is -4.20. The number of likely N-dealkylation sites (tertiary alicyclic amines) is 1. The van der Waals surface area contributed by atoms with Crippen molar-refractivity contribution >= 4 is 17.4 Å². The van der Waals surface area contributed by atoms with Gasteiger partial charge in [0.05, 0.1) is 37.6 Å². The standard InChI is InChI=1S/C31H33NO7/c1-4-6-13-38-25-12-9-20(17-26(25)36-5-2)28-27(30(34)31(35)32(28)18-23-8-7-14-37-23)29(33)21-10-11-24-22(16-21)15-19(3)39-24/h7-12,14,16-17,19,28,33H,4-6,13,15,18H2,1-3H3/b29-27+/t19-,28+/m1/s1. The van der Waals surface area contributed by atoms with Crippen molar-refractivity contribution in [2.24, 2.45) is 0 Å². The van der Waals surface area contributed by atoms with Gasteiger partial charge in [-0.15, -0.1) is 0 Å². The molecule has 0 spiro atoms. The maximum Gasteiger partial charge on any atom is 0.296 e. The Bertz CT molecular complexity index is 1390. The smallest absolute Gasteiger partial charge is 0.296 e. The van der Waals surface area contributed by atoms with E-state index >= 15 is 0 Å². The number of ether oxygens (including phenoxy) is 3. The predicted molar refractivity (Wildman–Crippen MR) is 145 cm³/mol. The molecule has 8 heteroatoms. The summed E-state index contributed by atoms with van der Waals surface area (Å²) in [6.45, 7) is 6.97. The zero-order chi connectivity index (χ0) is 27.5. The first-order chi connectivity index (χ1) is 18.9. The van der Waals surface area contributed by atoms with Crippen LogP contribution in [0.1, 0.15) is 62.1 Å². The second-order valence-corrected chi connectivity index (χ2v) is 9.80. The number of carbonyl (C=O) groups excluding carboxylic acids is 2. The Morgan fingerprint density at radius 3 is 2.67 bits per heavy atom. The fourth-order valence-corrected chi connectivity index (χ4v) is 5.09. The van der Waals surface area contributed by atoms with Crippen molar-refractivity contribution in [3.05, 3.63) is 82.8 Å². The minimum Gasteiger partial charge on any atom is -0.507 e. The summed E-state index contributed by atoms with van der Waals surface area (Å²) in [7, 11) is 0. The van der Waals surface area contributed by atoms with Gasteiger partial charge in [0, 0.05) is 12.0 Å². The monoisotopic (exact) mass is 531 g/mol. The quantitative estimate of drug-likeness (QED) is 0.153. The van der Waals surface area contributed by atoms with Gasteiger partial charge in [0.15, 0.2) is 11.5 Å². The molecule has 3 aromatic rings. The van der Waals surface area contributed by atoms with E-state index in [4.69, 9.17) is 18.6 Å². The van der Waals surface area contributed by atoms with Gasteiger partial charge < -0.3 is 28.6 Å². The van der Waals surface area contributed by atoms with Crippen LogP contribution in [0, 0.1) is 0 Å². The molecule has 204 valence electrons. The van der Waals surface area contributed by atoms with Crippen LogP contribution in [0.15, 0.2) is 64.8 Å². The number of unbranched alkanes of at least 4 members (excludes halogenated alkanes) is 1. The van der Waals surface area contributed by atoms with Gasteiger partial charge in [-0.25, -0.2) is 0 Å². The first-order valence-corrected chi connectivity index (χ1v) is 13.4. The fraction of sp³-hybridized carbons (Fsp3) is 0.355. The molecule has 0 bridgehead atoms. The van der Waals surface area contributed by atoms with Gasteiger partial charge in [-0.1, -0.05) is 19.4 Å². The summed E-state index contributed by atoms with van der Waals surface area (Å²) in [5, 5.41) is 11.5. The lowest BCUT2D eigenvalue weighted by Crippen LogP contribution is -2.29. The van der Waals surface area contributed by atoms with E-state index in [2.05, 4.69) is 6.92 Å². The van der Waals surface area contributed by atoms with E-state index in [-0.39, 0.29) is 24.0 Å². The number of fused-ring (bicyclic) bond motifs is 1. The number of furan rings is 1. The number of benzene rings is 2. The van der Waals surface area contributed by atoms with Crippen LogP contribution in [0.25, 0.3) is 5.76 Å². The number of nitrogens with zero attached hydrogens (tertiary/aromatic N) is 1. The molecule has 0 aliphatic carbocycles. The van der Waals surface area contributed by atoms with E-state index in [0.717, 1.165) is 24.2 Å². The molecule has 5 rings (SSSR count). The fourth-order valence-electron chi connectivity index (χ4n) is 5.09. The van der Waals surface area contributed by atoms with Crippen molar-refractivity contribution < 1.29 is 33.3 Å². The summed E-state index contributed by atoms with van der Waals surface area (Å²) in [5.74, 6) is 0.684. The first-order valence-electron chi connectivity index (χ1n) is 13.4. The lowest BCUT2D eigenvalue weighted by atomic mass is 9.94. The van der Waals surface area contributed by atoms with Gasteiger partial charge in [-0.2, -0.15) is 0 Å². The van der Waals surface area contributed by atoms with E-state index in [0.29, 0.717) is 48.0 Å². The summed E-state index contributed by atoms with van der Waals surface area (Å²) in [4.78, 5) is 28.2. The zero-order valence-corrected chi connectivity index (χ0v) is 22.4. The van der Waals surface area contributed by atoms with E-state index in [1.165, 1.54) is 11.2 Å². The van der Waals surface area contributed by atoms with Gasteiger partial charge in [-0.05, 0) is 73.9 Å². The number of ketones is 1. The van der Waals surface area contributed by atoms with Crippen molar-refractivity contribution in [2.45, 2.75) is 58.7 Å². The highest BCUT2D eigenvalue weighted by Crippen LogP contribution is 2.43. The molecule has 1 N–H and O–H groups in total. The lowest BCUT2D eigenvalue weighted by molar-refractivity contribution is -0.140. The highest BCUT2D eigenvalue weighted by atomic mass is 16.5. The topological polar surface area (TPSA) is 98.4 Å². The number of amides is 1. The maximum absolute atomic E-state index is 13.5. The van der Waals surface area contributed by atoms with Crippen LogP contribution >= 0.6 is 0 Å². The molecular weight excluding hydrogens is 498 g/mol. The molecule has 0 unspecified atom stereocenters. The molecule has 1 aromatic heterocycles. The third kappa shape index (κ3) is 5.24. The van der Waals surface area contributed by atoms with Crippen molar-refractivity contribution in [2.75, 3.05) is 13.2 Å². The minimum absolute atomic E-state index is 0.0144. The number of hydrogen-bond donors (Lipinski definition) is 1. The third-order valence-corrected chi connectivity index (χ3v) is 6.95. The molecule has 3 heterocycles. The minimum atomic E-state index is -0.859. The third-order valence-electron chi connectivity index (χ3n) is 6.95. The Kier molecular flexibility index (Phi) is 7.63. The van der Waals surface area contributed by atoms with Crippen LogP contribution in [0.5, 0.6) is 17.2 Å². The molecule has 1 fully saturated rings. The highest BCUT2D eigenvalue weighted by molar-refractivity contribution is 6.46. The van der Waals surface area contributed by atoms with E-state index in [1.54, 1.807) is 42.5 Å². The Morgan fingerprint density at radius 2 is 1.92 bits per heavy atom. The second-order valence-electron chi connectivity index (χ2n) is 9.80. The number of rotatable bonds is 10. The van der Waals surface area contributed by atoms with Crippen LogP contribution in [-0.4, -0.2) is 41.0 Å². The molecule has 2 aliphatic heterocycles. The van der Waals surface area contributed by atoms with Crippen molar-refractivity contribution in [1.82, 2.24) is 4.90 Å². The van der Waals surface area contributed by atoms with Gasteiger partial charge in [0.2, 0.25) is 0 Å². The highest BCUT2D eigenvalue weighted by Gasteiger charge is 2.46. The van der Waals surface area contributed by atoms with Crippen molar-refractivity contribution in [3.8, 4) is 17.2 Å². The molecule has 0 radical (unpaired) electrons. The van der Waals surface area contributed by atoms with Crippen LogP contribution in [0.2, 0.25) is 0 Å². The number of hydrogen-bond acceptors (Lipinski definition) is 7.